The van der Waals surface area contributed by atoms with E-state index in [2.05, 4.69) is 5.32 Å². The van der Waals surface area contributed by atoms with Crippen LogP contribution in [0.1, 0.15) is 19.8 Å². The van der Waals surface area contributed by atoms with Crippen LogP contribution in [0.5, 0.6) is 5.75 Å². The number of carbonyl (C=O) groups is 2. The van der Waals surface area contributed by atoms with Crippen LogP contribution in [0.25, 0.3) is 0 Å². The van der Waals surface area contributed by atoms with Crippen molar-refractivity contribution in [2.75, 3.05) is 19.7 Å². The van der Waals surface area contributed by atoms with E-state index in [1.54, 1.807) is 11.8 Å². The molecular formula is C15H18ClFN2O3. The molecule has 1 saturated heterocycles. The van der Waals surface area contributed by atoms with Gasteiger partial charge in [-0.2, -0.15) is 0 Å². The number of rotatable bonds is 4. The zero-order chi connectivity index (χ0) is 16.1. The number of nitrogens with zero attached hydrogens (tertiary/aromatic N) is 1. The molecule has 1 heterocycles. The van der Waals surface area contributed by atoms with Crippen LogP contribution in [0, 0.1) is 5.82 Å². The van der Waals surface area contributed by atoms with E-state index in [0.717, 1.165) is 18.9 Å². The largest absolute Gasteiger partial charge is 0.482 e. The molecule has 0 saturated carbocycles. The maximum Gasteiger partial charge on any atom is 0.258 e. The first-order valence-electron chi connectivity index (χ1n) is 7.08. The van der Waals surface area contributed by atoms with Crippen LogP contribution in [0.4, 0.5) is 4.39 Å². The zero-order valence-electron chi connectivity index (χ0n) is 12.3. The highest BCUT2D eigenvalue weighted by molar-refractivity contribution is 6.32. The van der Waals surface area contributed by atoms with Crippen molar-refractivity contribution in [1.29, 1.82) is 0 Å². The molecule has 1 aliphatic rings. The minimum atomic E-state index is -0.459. The van der Waals surface area contributed by atoms with Crippen molar-refractivity contribution in [3.8, 4) is 5.75 Å². The lowest BCUT2D eigenvalue weighted by Gasteiger charge is -2.31. The van der Waals surface area contributed by atoms with E-state index in [4.69, 9.17) is 16.3 Å². The summed E-state index contributed by atoms with van der Waals surface area (Å²) in [6, 6.07) is 3.77. The SMILES string of the molecule is CC(=O)N1CCC(NC(=O)COc2ccc(F)cc2Cl)CC1. The van der Waals surface area contributed by atoms with Crippen LogP contribution in [0.3, 0.4) is 0 Å². The van der Waals surface area contributed by atoms with E-state index in [1.807, 2.05) is 0 Å². The lowest BCUT2D eigenvalue weighted by atomic mass is 10.1. The Kier molecular flexibility index (Phi) is 5.60. The van der Waals surface area contributed by atoms with Crippen LogP contribution >= 0.6 is 11.6 Å². The molecule has 0 spiro atoms. The smallest absolute Gasteiger partial charge is 0.258 e. The van der Waals surface area contributed by atoms with Gasteiger partial charge in [0.05, 0.1) is 5.02 Å². The third-order valence-corrected chi connectivity index (χ3v) is 3.85. The summed E-state index contributed by atoms with van der Waals surface area (Å²) in [6.45, 7) is 2.65. The Morgan fingerprint density at radius 1 is 1.41 bits per heavy atom. The molecule has 1 fully saturated rings. The molecule has 120 valence electrons. The van der Waals surface area contributed by atoms with Gasteiger partial charge in [-0.3, -0.25) is 9.59 Å². The maximum atomic E-state index is 12.9. The molecule has 1 aromatic carbocycles. The van der Waals surface area contributed by atoms with E-state index in [1.165, 1.54) is 12.1 Å². The van der Waals surface area contributed by atoms with Crippen molar-refractivity contribution in [3.05, 3.63) is 29.0 Å². The summed E-state index contributed by atoms with van der Waals surface area (Å²) in [7, 11) is 0. The highest BCUT2D eigenvalue weighted by Gasteiger charge is 2.22. The van der Waals surface area contributed by atoms with Crippen molar-refractivity contribution in [2.45, 2.75) is 25.8 Å². The molecule has 2 rings (SSSR count). The Morgan fingerprint density at radius 2 is 2.09 bits per heavy atom. The summed E-state index contributed by atoms with van der Waals surface area (Å²) in [5.41, 5.74) is 0. The lowest BCUT2D eigenvalue weighted by Crippen LogP contribution is -2.47. The normalized spacial score (nSPS) is 15.5. The second-order valence-corrected chi connectivity index (χ2v) is 5.62. The van der Waals surface area contributed by atoms with Crippen molar-refractivity contribution >= 4 is 23.4 Å². The molecular weight excluding hydrogens is 311 g/mol. The number of amides is 2. The first kappa shape index (κ1) is 16.5. The third-order valence-electron chi connectivity index (χ3n) is 3.56. The van der Waals surface area contributed by atoms with Gasteiger partial charge in [-0.25, -0.2) is 4.39 Å². The number of halogens is 2. The Morgan fingerprint density at radius 3 is 2.68 bits per heavy atom. The Labute approximate surface area is 133 Å². The standard InChI is InChI=1S/C15H18ClFN2O3/c1-10(20)19-6-4-12(5-7-19)18-15(21)9-22-14-3-2-11(17)8-13(14)16/h2-3,8,12H,4-7,9H2,1H3,(H,18,21). The van der Waals surface area contributed by atoms with Gasteiger partial charge in [-0.05, 0) is 31.0 Å². The molecule has 0 atom stereocenters. The van der Waals surface area contributed by atoms with E-state index >= 15 is 0 Å². The van der Waals surface area contributed by atoms with Gasteiger partial charge in [-0.15, -0.1) is 0 Å². The zero-order valence-corrected chi connectivity index (χ0v) is 13.0. The van der Waals surface area contributed by atoms with Crippen LogP contribution in [-0.2, 0) is 9.59 Å². The summed E-state index contributed by atoms with van der Waals surface area (Å²) < 4.78 is 18.2. The van der Waals surface area contributed by atoms with Gasteiger partial charge in [0.1, 0.15) is 11.6 Å². The fourth-order valence-electron chi connectivity index (χ4n) is 2.34. The van der Waals surface area contributed by atoms with E-state index in [-0.39, 0.29) is 35.2 Å². The monoisotopic (exact) mass is 328 g/mol. The molecule has 22 heavy (non-hydrogen) atoms. The highest BCUT2D eigenvalue weighted by Crippen LogP contribution is 2.24. The molecule has 0 bridgehead atoms. The number of hydrogen-bond donors (Lipinski definition) is 1. The first-order valence-corrected chi connectivity index (χ1v) is 7.46. The topological polar surface area (TPSA) is 58.6 Å². The van der Waals surface area contributed by atoms with Crippen molar-refractivity contribution < 1.29 is 18.7 Å². The molecule has 1 aromatic rings. The van der Waals surface area contributed by atoms with E-state index in [0.29, 0.717) is 13.1 Å². The summed E-state index contributed by atoms with van der Waals surface area (Å²) >= 11 is 5.82. The van der Waals surface area contributed by atoms with Crippen molar-refractivity contribution in [3.63, 3.8) is 0 Å². The van der Waals surface area contributed by atoms with Crippen LogP contribution < -0.4 is 10.1 Å². The molecule has 1 aliphatic heterocycles. The minimum absolute atomic E-state index is 0.0374. The van der Waals surface area contributed by atoms with Gasteiger partial charge in [0.15, 0.2) is 6.61 Å². The first-order chi connectivity index (χ1) is 10.5. The molecule has 0 aromatic heterocycles. The number of likely N-dealkylation sites (tertiary alicyclic amines) is 1. The average molecular weight is 329 g/mol. The quantitative estimate of drug-likeness (QED) is 0.919. The Balaban J connectivity index is 1.75. The molecule has 0 unspecified atom stereocenters. The summed E-state index contributed by atoms with van der Waals surface area (Å²) in [5, 5.41) is 2.99. The molecule has 0 radical (unpaired) electrons. The van der Waals surface area contributed by atoms with Crippen LogP contribution in [0.2, 0.25) is 5.02 Å². The lowest BCUT2D eigenvalue weighted by molar-refractivity contribution is -0.130. The van der Waals surface area contributed by atoms with Gasteiger partial charge in [0, 0.05) is 26.1 Å². The van der Waals surface area contributed by atoms with Gasteiger partial charge in [-0.1, -0.05) is 11.6 Å². The second-order valence-electron chi connectivity index (χ2n) is 5.21. The number of piperidine rings is 1. The van der Waals surface area contributed by atoms with Gasteiger partial charge in [0.2, 0.25) is 5.91 Å². The molecule has 2 amide bonds. The molecule has 0 aliphatic carbocycles. The van der Waals surface area contributed by atoms with Gasteiger partial charge >= 0.3 is 0 Å². The number of nitrogens with one attached hydrogen (secondary N) is 1. The van der Waals surface area contributed by atoms with E-state index in [9.17, 15) is 14.0 Å². The number of ether oxygens (including phenoxy) is 1. The molecule has 7 heteroatoms. The molecule has 5 nitrogen and oxygen atoms in total. The fourth-order valence-corrected chi connectivity index (χ4v) is 2.57. The minimum Gasteiger partial charge on any atom is -0.482 e. The van der Waals surface area contributed by atoms with Gasteiger partial charge < -0.3 is 15.0 Å². The summed E-state index contributed by atoms with van der Waals surface area (Å²) in [4.78, 5) is 24.8. The molecule has 1 N–H and O–H groups in total. The number of hydrogen-bond acceptors (Lipinski definition) is 3. The van der Waals surface area contributed by atoms with Crippen LogP contribution in [0.15, 0.2) is 18.2 Å². The van der Waals surface area contributed by atoms with Crippen molar-refractivity contribution in [2.24, 2.45) is 0 Å². The second kappa shape index (κ2) is 7.45. The van der Waals surface area contributed by atoms with Crippen LogP contribution in [-0.4, -0.2) is 42.5 Å². The highest BCUT2D eigenvalue weighted by atomic mass is 35.5. The average Bonchev–Trinajstić information content (AvgIpc) is 2.47. The third kappa shape index (κ3) is 4.59. The fraction of sp³-hybridized carbons (Fsp3) is 0.467. The Hall–Kier alpha value is -1.82. The van der Waals surface area contributed by atoms with Crippen molar-refractivity contribution in [1.82, 2.24) is 10.2 Å². The number of carbonyl (C=O) groups excluding carboxylic acids is 2. The predicted molar refractivity (Wildman–Crippen MR) is 80.3 cm³/mol. The predicted octanol–water partition coefficient (Wildman–Crippen LogP) is 1.98. The number of benzene rings is 1. The van der Waals surface area contributed by atoms with E-state index < -0.39 is 5.82 Å². The summed E-state index contributed by atoms with van der Waals surface area (Å²) in [5.74, 6) is -0.399. The summed E-state index contributed by atoms with van der Waals surface area (Å²) in [6.07, 6.45) is 1.45. The van der Waals surface area contributed by atoms with Gasteiger partial charge in [0.25, 0.3) is 5.91 Å². The maximum absolute atomic E-state index is 12.9. The Bertz CT molecular complexity index is 560.